The van der Waals surface area contributed by atoms with E-state index < -0.39 is 0 Å². The molecule has 1 aromatic heterocycles. The molecule has 0 bridgehead atoms. The lowest BCUT2D eigenvalue weighted by molar-refractivity contribution is 0.379. The first kappa shape index (κ1) is 12.8. The third kappa shape index (κ3) is 2.97. The lowest BCUT2D eigenvalue weighted by Gasteiger charge is -2.26. The summed E-state index contributed by atoms with van der Waals surface area (Å²) >= 11 is 7.72. The molecule has 0 spiro atoms. The number of nitrogens with one attached hydrogen (secondary N) is 1. The summed E-state index contributed by atoms with van der Waals surface area (Å²) in [5.74, 6) is 0.619. The molecule has 0 fully saturated rings. The Labute approximate surface area is 111 Å². The summed E-state index contributed by atoms with van der Waals surface area (Å²) in [5, 5.41) is 4.61. The largest absolute Gasteiger partial charge is 0.304 e. The Bertz CT molecular complexity index is 458. The molecule has 1 unspecified atom stereocenters. The van der Waals surface area contributed by atoms with Gasteiger partial charge in [0.05, 0.1) is 10.2 Å². The van der Waals surface area contributed by atoms with Gasteiger partial charge in [-0.05, 0) is 25.5 Å². The van der Waals surface area contributed by atoms with Crippen molar-refractivity contribution in [1.82, 2.24) is 10.3 Å². The van der Waals surface area contributed by atoms with Crippen molar-refractivity contribution in [3.05, 3.63) is 29.3 Å². The smallest absolute Gasteiger partial charge is 0.108 e. The van der Waals surface area contributed by atoms with Gasteiger partial charge in [0.2, 0.25) is 0 Å². The fourth-order valence-electron chi connectivity index (χ4n) is 1.55. The van der Waals surface area contributed by atoms with Crippen LogP contribution in [0.4, 0.5) is 0 Å². The van der Waals surface area contributed by atoms with Gasteiger partial charge in [-0.15, -0.1) is 22.9 Å². The number of halogens is 1. The molecule has 0 aliphatic carbocycles. The van der Waals surface area contributed by atoms with Gasteiger partial charge in [0.1, 0.15) is 5.01 Å². The van der Waals surface area contributed by atoms with Crippen molar-refractivity contribution in [2.24, 2.45) is 0 Å². The summed E-state index contributed by atoms with van der Waals surface area (Å²) in [7, 11) is 0. The highest BCUT2D eigenvalue weighted by Crippen LogP contribution is 2.22. The van der Waals surface area contributed by atoms with Gasteiger partial charge in [-0.2, -0.15) is 0 Å². The topological polar surface area (TPSA) is 24.9 Å². The molecular formula is C13H17ClN2S. The Morgan fingerprint density at radius 3 is 2.82 bits per heavy atom. The maximum absolute atomic E-state index is 5.97. The molecule has 0 aliphatic rings. The summed E-state index contributed by atoms with van der Waals surface area (Å²) < 4.78 is 1.24. The van der Waals surface area contributed by atoms with E-state index in [2.05, 4.69) is 36.3 Å². The molecule has 1 atom stereocenters. The first-order chi connectivity index (χ1) is 8.17. The number of hydrogen-bond donors (Lipinski definition) is 1. The van der Waals surface area contributed by atoms with Crippen LogP contribution in [0.1, 0.15) is 25.3 Å². The molecule has 0 aliphatic heterocycles. The van der Waals surface area contributed by atoms with E-state index in [1.165, 1.54) is 4.70 Å². The number of para-hydroxylation sites is 1. The molecule has 2 nitrogen and oxygen atoms in total. The van der Waals surface area contributed by atoms with E-state index in [4.69, 9.17) is 11.6 Å². The summed E-state index contributed by atoms with van der Waals surface area (Å²) in [5.41, 5.74) is 1.08. The van der Waals surface area contributed by atoms with Gasteiger partial charge in [-0.1, -0.05) is 19.1 Å². The van der Waals surface area contributed by atoms with Crippen molar-refractivity contribution in [1.29, 1.82) is 0 Å². The van der Waals surface area contributed by atoms with Crippen LogP contribution in [-0.4, -0.2) is 16.4 Å². The molecule has 0 amide bonds. The van der Waals surface area contributed by atoms with E-state index in [1.54, 1.807) is 11.3 Å². The van der Waals surface area contributed by atoms with E-state index >= 15 is 0 Å². The highest BCUT2D eigenvalue weighted by atomic mass is 35.5. The number of benzene rings is 1. The molecule has 0 radical (unpaired) electrons. The summed E-state index contributed by atoms with van der Waals surface area (Å²) in [6.45, 7) is 5.08. The van der Waals surface area contributed by atoms with E-state index in [-0.39, 0.29) is 5.54 Å². The monoisotopic (exact) mass is 268 g/mol. The zero-order chi connectivity index (χ0) is 12.3. The SMILES string of the molecule is CCC(C)(CCl)NCc1nc2ccccc2s1. The average Bonchev–Trinajstić information content (AvgIpc) is 2.79. The van der Waals surface area contributed by atoms with Crippen molar-refractivity contribution in [3.8, 4) is 0 Å². The Morgan fingerprint density at radius 2 is 2.18 bits per heavy atom. The molecule has 92 valence electrons. The lowest BCUT2D eigenvalue weighted by Crippen LogP contribution is -2.42. The van der Waals surface area contributed by atoms with Gasteiger partial charge in [0.25, 0.3) is 0 Å². The first-order valence-electron chi connectivity index (χ1n) is 5.82. The number of alkyl halides is 1. The zero-order valence-corrected chi connectivity index (χ0v) is 11.7. The van der Waals surface area contributed by atoms with Crippen molar-refractivity contribution < 1.29 is 0 Å². The van der Waals surface area contributed by atoms with Crippen molar-refractivity contribution in [3.63, 3.8) is 0 Å². The first-order valence-corrected chi connectivity index (χ1v) is 7.17. The average molecular weight is 269 g/mol. The second-order valence-corrected chi connectivity index (χ2v) is 5.86. The molecule has 2 aromatic rings. The molecule has 1 N–H and O–H groups in total. The zero-order valence-electron chi connectivity index (χ0n) is 10.2. The number of nitrogens with zero attached hydrogens (tertiary/aromatic N) is 1. The third-order valence-electron chi connectivity index (χ3n) is 3.08. The number of thiazole rings is 1. The molecule has 1 heterocycles. The highest BCUT2D eigenvalue weighted by molar-refractivity contribution is 7.18. The van der Waals surface area contributed by atoms with E-state index in [1.807, 2.05) is 12.1 Å². The number of hydrogen-bond acceptors (Lipinski definition) is 3. The normalized spacial score (nSPS) is 15.0. The molecule has 2 rings (SSSR count). The number of aromatic nitrogens is 1. The maximum Gasteiger partial charge on any atom is 0.108 e. The third-order valence-corrected chi connectivity index (χ3v) is 4.71. The summed E-state index contributed by atoms with van der Waals surface area (Å²) in [6.07, 6.45) is 1.02. The second-order valence-electron chi connectivity index (χ2n) is 4.48. The Morgan fingerprint density at radius 1 is 1.41 bits per heavy atom. The van der Waals surface area contributed by atoms with Crippen LogP contribution in [0.25, 0.3) is 10.2 Å². The van der Waals surface area contributed by atoms with Gasteiger partial charge in [0, 0.05) is 18.0 Å². The fraction of sp³-hybridized carbons (Fsp3) is 0.462. The lowest BCUT2D eigenvalue weighted by atomic mass is 10.0. The number of fused-ring (bicyclic) bond motifs is 1. The summed E-state index contributed by atoms with van der Waals surface area (Å²) in [6, 6.07) is 8.23. The number of rotatable bonds is 5. The highest BCUT2D eigenvalue weighted by Gasteiger charge is 2.20. The van der Waals surface area contributed by atoms with Crippen LogP contribution in [0.2, 0.25) is 0 Å². The maximum atomic E-state index is 5.97. The van der Waals surface area contributed by atoms with Gasteiger partial charge in [-0.25, -0.2) is 4.98 Å². The second kappa shape index (κ2) is 5.34. The fourth-order valence-corrected chi connectivity index (χ4v) is 2.74. The van der Waals surface area contributed by atoms with Crippen LogP contribution in [-0.2, 0) is 6.54 Å². The Balaban J connectivity index is 2.09. The van der Waals surface area contributed by atoms with Gasteiger partial charge >= 0.3 is 0 Å². The quantitative estimate of drug-likeness (QED) is 0.835. The Kier molecular flexibility index (Phi) is 4.02. The van der Waals surface area contributed by atoms with Crippen LogP contribution < -0.4 is 5.32 Å². The van der Waals surface area contributed by atoms with Crippen LogP contribution >= 0.6 is 22.9 Å². The van der Waals surface area contributed by atoms with Crippen molar-refractivity contribution in [2.75, 3.05) is 5.88 Å². The van der Waals surface area contributed by atoms with Gasteiger partial charge < -0.3 is 5.32 Å². The van der Waals surface area contributed by atoms with Crippen LogP contribution in [0.5, 0.6) is 0 Å². The van der Waals surface area contributed by atoms with E-state index in [0.29, 0.717) is 5.88 Å². The molecule has 4 heteroatoms. The standard InChI is InChI=1S/C13H17ClN2S/c1-3-13(2,9-14)15-8-12-16-10-6-4-5-7-11(10)17-12/h4-7,15H,3,8-9H2,1-2H3. The molecule has 17 heavy (non-hydrogen) atoms. The molecule has 0 saturated carbocycles. The summed E-state index contributed by atoms with van der Waals surface area (Å²) in [4.78, 5) is 4.60. The minimum Gasteiger partial charge on any atom is -0.304 e. The predicted molar refractivity (Wildman–Crippen MR) is 75.9 cm³/mol. The van der Waals surface area contributed by atoms with Gasteiger partial charge in [0.15, 0.2) is 0 Å². The molecule has 0 saturated heterocycles. The minimum absolute atomic E-state index is 0.000585. The van der Waals surface area contributed by atoms with E-state index in [0.717, 1.165) is 23.5 Å². The van der Waals surface area contributed by atoms with Crippen molar-refractivity contribution >= 4 is 33.2 Å². The predicted octanol–water partition coefficient (Wildman–Crippen LogP) is 3.79. The van der Waals surface area contributed by atoms with Crippen LogP contribution in [0.3, 0.4) is 0 Å². The van der Waals surface area contributed by atoms with Crippen molar-refractivity contribution in [2.45, 2.75) is 32.4 Å². The van der Waals surface area contributed by atoms with Crippen LogP contribution in [0, 0.1) is 0 Å². The van der Waals surface area contributed by atoms with E-state index in [9.17, 15) is 0 Å². The van der Waals surface area contributed by atoms with Crippen LogP contribution in [0.15, 0.2) is 24.3 Å². The molecule has 1 aromatic carbocycles. The molecular weight excluding hydrogens is 252 g/mol. The Hall–Kier alpha value is -0.640. The van der Waals surface area contributed by atoms with Gasteiger partial charge in [-0.3, -0.25) is 0 Å². The minimum atomic E-state index is -0.000585.